The van der Waals surface area contributed by atoms with Gasteiger partial charge in [0.15, 0.2) is 0 Å². The van der Waals surface area contributed by atoms with Crippen molar-refractivity contribution in [3.05, 3.63) is 28.8 Å². The van der Waals surface area contributed by atoms with Crippen molar-refractivity contribution in [1.29, 1.82) is 0 Å². The maximum atomic E-state index is 6.10. The molecular formula is C15H23ClN2O. The molecule has 4 heteroatoms. The molecule has 0 radical (unpaired) electrons. The van der Waals surface area contributed by atoms with Crippen molar-refractivity contribution in [1.82, 2.24) is 10.2 Å². The topological polar surface area (TPSA) is 24.5 Å². The van der Waals surface area contributed by atoms with Crippen LogP contribution >= 0.6 is 11.6 Å². The molecule has 19 heavy (non-hydrogen) atoms. The molecule has 0 saturated carbocycles. The smallest absolute Gasteiger partial charge is 0.123 e. The predicted octanol–water partition coefficient (Wildman–Crippen LogP) is 2.57. The summed E-state index contributed by atoms with van der Waals surface area (Å²) in [7, 11) is 0. The van der Waals surface area contributed by atoms with E-state index in [-0.39, 0.29) is 6.10 Å². The number of piperazine rings is 1. The molecule has 1 aliphatic rings. The Balaban J connectivity index is 1.98. The number of nitrogens with zero attached hydrogens (tertiary/aromatic N) is 1. The summed E-state index contributed by atoms with van der Waals surface area (Å²) in [5, 5.41) is 4.16. The van der Waals surface area contributed by atoms with Crippen LogP contribution in [0.5, 0.6) is 5.75 Å². The van der Waals surface area contributed by atoms with Crippen molar-refractivity contribution < 1.29 is 4.74 Å². The van der Waals surface area contributed by atoms with Crippen molar-refractivity contribution in [2.45, 2.75) is 26.4 Å². The molecule has 0 aromatic heterocycles. The van der Waals surface area contributed by atoms with E-state index in [9.17, 15) is 0 Å². The van der Waals surface area contributed by atoms with Crippen LogP contribution in [0.3, 0.4) is 0 Å². The van der Waals surface area contributed by atoms with Gasteiger partial charge < -0.3 is 15.0 Å². The lowest BCUT2D eigenvalue weighted by Crippen LogP contribution is -2.44. The third-order valence-electron chi connectivity index (χ3n) is 3.29. The van der Waals surface area contributed by atoms with Crippen LogP contribution in [-0.4, -0.2) is 43.7 Å². The minimum atomic E-state index is 0.194. The monoisotopic (exact) mass is 282 g/mol. The van der Waals surface area contributed by atoms with E-state index in [1.165, 1.54) is 5.56 Å². The van der Waals surface area contributed by atoms with E-state index in [0.717, 1.165) is 49.9 Å². The van der Waals surface area contributed by atoms with Crippen LogP contribution in [-0.2, 0) is 6.42 Å². The Hall–Kier alpha value is -0.770. The van der Waals surface area contributed by atoms with Crippen LogP contribution in [0.2, 0.25) is 5.02 Å². The first kappa shape index (κ1) is 14.6. The quantitative estimate of drug-likeness (QED) is 0.898. The van der Waals surface area contributed by atoms with Gasteiger partial charge in [0.05, 0.1) is 6.10 Å². The van der Waals surface area contributed by atoms with Gasteiger partial charge in [0.25, 0.3) is 0 Å². The first-order chi connectivity index (χ1) is 9.15. The first-order valence-electron chi connectivity index (χ1n) is 7.03. The molecule has 1 aromatic rings. The van der Waals surface area contributed by atoms with Crippen molar-refractivity contribution in [2.75, 3.05) is 32.7 Å². The van der Waals surface area contributed by atoms with Gasteiger partial charge in [-0.1, -0.05) is 11.6 Å². The van der Waals surface area contributed by atoms with E-state index in [4.69, 9.17) is 16.3 Å². The van der Waals surface area contributed by atoms with E-state index in [1.807, 2.05) is 18.2 Å². The van der Waals surface area contributed by atoms with Gasteiger partial charge in [0, 0.05) is 37.7 Å². The molecule has 1 N–H and O–H groups in total. The Morgan fingerprint density at radius 1 is 1.32 bits per heavy atom. The average Bonchev–Trinajstić information content (AvgIpc) is 2.40. The lowest BCUT2D eigenvalue weighted by molar-refractivity contribution is 0.230. The second-order valence-corrected chi connectivity index (χ2v) is 5.70. The summed E-state index contributed by atoms with van der Waals surface area (Å²) in [6.07, 6.45) is 1.18. The molecule has 2 rings (SSSR count). The molecule has 1 heterocycles. The van der Waals surface area contributed by atoms with Crippen molar-refractivity contribution >= 4 is 11.6 Å². The van der Waals surface area contributed by atoms with E-state index in [1.54, 1.807) is 0 Å². The van der Waals surface area contributed by atoms with E-state index in [0.29, 0.717) is 0 Å². The van der Waals surface area contributed by atoms with Gasteiger partial charge in [-0.05, 0) is 44.0 Å². The normalized spacial score (nSPS) is 16.8. The van der Waals surface area contributed by atoms with Gasteiger partial charge >= 0.3 is 0 Å². The molecule has 1 aliphatic heterocycles. The standard InChI is InChI=1S/C15H23ClN2O/c1-12(2)19-15-4-3-14(16)11-13(15)5-8-18-9-6-17-7-10-18/h3-4,11-12,17H,5-10H2,1-2H3. The van der Waals surface area contributed by atoms with E-state index in [2.05, 4.69) is 24.1 Å². The summed E-state index contributed by atoms with van der Waals surface area (Å²) < 4.78 is 5.85. The van der Waals surface area contributed by atoms with Gasteiger partial charge in [0.1, 0.15) is 5.75 Å². The number of hydrogen-bond donors (Lipinski definition) is 1. The number of ether oxygens (including phenoxy) is 1. The average molecular weight is 283 g/mol. The van der Waals surface area contributed by atoms with Crippen LogP contribution in [0.1, 0.15) is 19.4 Å². The highest BCUT2D eigenvalue weighted by Gasteiger charge is 2.12. The summed E-state index contributed by atoms with van der Waals surface area (Å²) in [5.74, 6) is 0.967. The molecule has 1 aromatic carbocycles. The number of nitrogens with one attached hydrogen (secondary N) is 1. The Labute approximate surface area is 120 Å². The molecule has 0 amide bonds. The van der Waals surface area contributed by atoms with Gasteiger partial charge in [-0.3, -0.25) is 0 Å². The molecule has 0 aliphatic carbocycles. The van der Waals surface area contributed by atoms with Crippen LogP contribution in [0.25, 0.3) is 0 Å². The third kappa shape index (κ3) is 4.68. The fraction of sp³-hybridized carbons (Fsp3) is 0.600. The minimum Gasteiger partial charge on any atom is -0.491 e. The second-order valence-electron chi connectivity index (χ2n) is 5.26. The zero-order valence-corrected chi connectivity index (χ0v) is 12.5. The highest BCUT2D eigenvalue weighted by atomic mass is 35.5. The van der Waals surface area contributed by atoms with Crippen LogP contribution in [0, 0.1) is 0 Å². The van der Waals surface area contributed by atoms with Gasteiger partial charge in [-0.25, -0.2) is 0 Å². The molecular weight excluding hydrogens is 260 g/mol. The Morgan fingerprint density at radius 3 is 2.74 bits per heavy atom. The molecule has 1 saturated heterocycles. The number of rotatable bonds is 5. The summed E-state index contributed by atoms with van der Waals surface area (Å²) >= 11 is 6.10. The van der Waals surface area contributed by atoms with Gasteiger partial charge in [-0.15, -0.1) is 0 Å². The first-order valence-corrected chi connectivity index (χ1v) is 7.41. The summed E-state index contributed by atoms with van der Waals surface area (Å²) in [6, 6.07) is 5.91. The fourth-order valence-electron chi connectivity index (χ4n) is 2.33. The third-order valence-corrected chi connectivity index (χ3v) is 3.53. The van der Waals surface area contributed by atoms with Gasteiger partial charge in [0.2, 0.25) is 0 Å². The van der Waals surface area contributed by atoms with E-state index >= 15 is 0 Å². The van der Waals surface area contributed by atoms with Crippen LogP contribution < -0.4 is 10.1 Å². The SMILES string of the molecule is CC(C)Oc1ccc(Cl)cc1CCN1CCNCC1. The van der Waals surface area contributed by atoms with Crippen molar-refractivity contribution in [2.24, 2.45) is 0 Å². The summed E-state index contributed by atoms with van der Waals surface area (Å²) in [5.41, 5.74) is 1.21. The van der Waals surface area contributed by atoms with Crippen LogP contribution in [0.15, 0.2) is 18.2 Å². The fourth-order valence-corrected chi connectivity index (χ4v) is 2.52. The summed E-state index contributed by atoms with van der Waals surface area (Å²) in [4.78, 5) is 2.48. The Morgan fingerprint density at radius 2 is 2.05 bits per heavy atom. The molecule has 0 bridgehead atoms. The zero-order valence-electron chi connectivity index (χ0n) is 11.8. The molecule has 0 spiro atoms. The Kier molecular flexibility index (Phi) is 5.49. The highest BCUT2D eigenvalue weighted by molar-refractivity contribution is 6.30. The Bertz CT molecular complexity index is 403. The molecule has 1 fully saturated rings. The lowest BCUT2D eigenvalue weighted by atomic mass is 10.1. The van der Waals surface area contributed by atoms with E-state index < -0.39 is 0 Å². The second kappa shape index (κ2) is 7.13. The largest absolute Gasteiger partial charge is 0.491 e. The molecule has 0 atom stereocenters. The van der Waals surface area contributed by atoms with Crippen LogP contribution in [0.4, 0.5) is 0 Å². The summed E-state index contributed by atoms with van der Waals surface area (Å²) in [6.45, 7) is 9.59. The maximum Gasteiger partial charge on any atom is 0.123 e. The zero-order chi connectivity index (χ0) is 13.7. The number of hydrogen-bond acceptors (Lipinski definition) is 3. The molecule has 106 valence electrons. The highest BCUT2D eigenvalue weighted by Crippen LogP contribution is 2.24. The van der Waals surface area contributed by atoms with Crippen molar-refractivity contribution in [3.63, 3.8) is 0 Å². The maximum absolute atomic E-state index is 6.10. The predicted molar refractivity (Wildman–Crippen MR) is 80.2 cm³/mol. The van der Waals surface area contributed by atoms with Crippen molar-refractivity contribution in [3.8, 4) is 5.75 Å². The number of benzene rings is 1. The molecule has 0 unspecified atom stereocenters. The molecule has 3 nitrogen and oxygen atoms in total. The number of halogens is 1. The minimum absolute atomic E-state index is 0.194. The lowest BCUT2D eigenvalue weighted by Gasteiger charge is -2.27. The van der Waals surface area contributed by atoms with Gasteiger partial charge in [-0.2, -0.15) is 0 Å².